The van der Waals surface area contributed by atoms with E-state index in [4.69, 9.17) is 5.11 Å². The predicted octanol–water partition coefficient (Wildman–Crippen LogP) is 3.26. The number of carboxylic acids is 1. The molecule has 0 spiro atoms. The summed E-state index contributed by atoms with van der Waals surface area (Å²) in [4.78, 5) is 22.5. The van der Waals surface area contributed by atoms with Crippen molar-refractivity contribution in [1.82, 2.24) is 5.32 Å². The number of benzene rings is 1. The molecule has 4 heteroatoms. The van der Waals surface area contributed by atoms with Crippen LogP contribution in [0.4, 0.5) is 0 Å². The summed E-state index contributed by atoms with van der Waals surface area (Å²) in [6.07, 6.45) is 4.69. The van der Waals surface area contributed by atoms with Crippen molar-refractivity contribution in [2.75, 3.05) is 6.54 Å². The molecule has 1 aromatic rings. The number of carboxylic acid groups (broad SMARTS) is 1. The summed E-state index contributed by atoms with van der Waals surface area (Å²) in [5.74, 6) is -0.429. The summed E-state index contributed by atoms with van der Waals surface area (Å²) in [6, 6.07) is 5.25. The van der Waals surface area contributed by atoms with Crippen molar-refractivity contribution in [2.24, 2.45) is 5.92 Å². The molecule has 0 atom stereocenters. The van der Waals surface area contributed by atoms with E-state index in [2.05, 4.69) is 19.2 Å². The van der Waals surface area contributed by atoms with Crippen LogP contribution in [0.2, 0.25) is 0 Å². The number of hydrogen-bond acceptors (Lipinski definition) is 2. The van der Waals surface area contributed by atoms with Crippen molar-refractivity contribution in [3.05, 3.63) is 41.0 Å². The molecule has 114 valence electrons. The molecule has 0 saturated carbocycles. The van der Waals surface area contributed by atoms with Gasteiger partial charge in [0.2, 0.25) is 0 Å². The summed E-state index contributed by atoms with van der Waals surface area (Å²) in [5.41, 5.74) is 2.28. The predicted molar refractivity (Wildman–Crippen MR) is 84.3 cm³/mol. The first-order valence-electron chi connectivity index (χ1n) is 7.20. The fourth-order valence-electron chi connectivity index (χ4n) is 1.98. The Morgan fingerprint density at radius 3 is 2.62 bits per heavy atom. The van der Waals surface area contributed by atoms with Crippen molar-refractivity contribution in [3.63, 3.8) is 0 Å². The Morgan fingerprint density at radius 2 is 2.05 bits per heavy atom. The van der Waals surface area contributed by atoms with Crippen LogP contribution in [0.25, 0.3) is 6.08 Å². The molecule has 0 aromatic heterocycles. The van der Waals surface area contributed by atoms with E-state index in [0.717, 1.165) is 30.0 Å². The number of amides is 1. The van der Waals surface area contributed by atoms with Crippen molar-refractivity contribution in [3.8, 4) is 0 Å². The smallest absolute Gasteiger partial charge is 0.328 e. The maximum Gasteiger partial charge on any atom is 0.328 e. The fraction of sp³-hybridized carbons (Fsp3) is 0.412. The van der Waals surface area contributed by atoms with E-state index in [9.17, 15) is 9.59 Å². The third-order valence-electron chi connectivity index (χ3n) is 3.18. The maximum absolute atomic E-state index is 12.0. The molecule has 0 aliphatic carbocycles. The second-order valence-corrected chi connectivity index (χ2v) is 5.53. The minimum atomic E-state index is -0.985. The van der Waals surface area contributed by atoms with Crippen LogP contribution in [0.1, 0.15) is 48.2 Å². The molecule has 0 fully saturated rings. The highest BCUT2D eigenvalue weighted by Crippen LogP contribution is 2.13. The van der Waals surface area contributed by atoms with Gasteiger partial charge in [0, 0.05) is 18.2 Å². The third-order valence-corrected chi connectivity index (χ3v) is 3.18. The molecule has 0 aliphatic heterocycles. The Kier molecular flexibility index (Phi) is 6.66. The summed E-state index contributed by atoms with van der Waals surface area (Å²) in [7, 11) is 0. The van der Waals surface area contributed by atoms with E-state index in [1.165, 1.54) is 6.08 Å². The van der Waals surface area contributed by atoms with Crippen molar-refractivity contribution in [1.29, 1.82) is 0 Å². The normalized spacial score (nSPS) is 11.0. The molecule has 1 amide bonds. The first-order valence-corrected chi connectivity index (χ1v) is 7.20. The van der Waals surface area contributed by atoms with Gasteiger partial charge in [0.25, 0.3) is 5.91 Å². The lowest BCUT2D eigenvalue weighted by Gasteiger charge is -2.08. The zero-order valence-electron chi connectivity index (χ0n) is 12.8. The lowest BCUT2D eigenvalue weighted by molar-refractivity contribution is -0.131. The van der Waals surface area contributed by atoms with Gasteiger partial charge in [0.05, 0.1) is 0 Å². The lowest BCUT2D eigenvalue weighted by Crippen LogP contribution is -2.24. The quantitative estimate of drug-likeness (QED) is 0.598. The fourth-order valence-corrected chi connectivity index (χ4v) is 1.98. The first kappa shape index (κ1) is 17.0. The zero-order valence-corrected chi connectivity index (χ0v) is 12.8. The molecule has 0 saturated heterocycles. The molecular formula is C17H23NO3. The SMILES string of the molecule is Cc1cc(C(=O)NCCCC(C)C)ccc1/C=C/C(=O)O. The third kappa shape index (κ3) is 6.25. The summed E-state index contributed by atoms with van der Waals surface area (Å²) in [5, 5.41) is 11.5. The van der Waals surface area contributed by atoms with E-state index < -0.39 is 5.97 Å². The summed E-state index contributed by atoms with van der Waals surface area (Å²) >= 11 is 0. The highest BCUT2D eigenvalue weighted by atomic mass is 16.4. The van der Waals surface area contributed by atoms with Crippen LogP contribution in [0, 0.1) is 12.8 Å². The summed E-state index contributed by atoms with van der Waals surface area (Å²) in [6.45, 7) is 6.86. The maximum atomic E-state index is 12.0. The van der Waals surface area contributed by atoms with Gasteiger partial charge in [-0.15, -0.1) is 0 Å². The van der Waals surface area contributed by atoms with Gasteiger partial charge < -0.3 is 10.4 Å². The van der Waals surface area contributed by atoms with Gasteiger partial charge in [0.1, 0.15) is 0 Å². The molecule has 0 bridgehead atoms. The van der Waals surface area contributed by atoms with Gasteiger partial charge in [-0.3, -0.25) is 4.79 Å². The van der Waals surface area contributed by atoms with E-state index in [0.29, 0.717) is 18.0 Å². The Hall–Kier alpha value is -2.10. The number of aryl methyl sites for hydroxylation is 1. The molecule has 1 rings (SSSR count). The highest BCUT2D eigenvalue weighted by molar-refractivity contribution is 5.95. The summed E-state index contributed by atoms with van der Waals surface area (Å²) < 4.78 is 0. The highest BCUT2D eigenvalue weighted by Gasteiger charge is 2.06. The Labute approximate surface area is 125 Å². The molecule has 0 aliphatic rings. The number of carbonyl (C=O) groups excluding carboxylic acids is 1. The lowest BCUT2D eigenvalue weighted by atomic mass is 10.0. The largest absolute Gasteiger partial charge is 0.478 e. The Bertz CT molecular complexity index is 533. The van der Waals surface area contributed by atoms with Gasteiger partial charge >= 0.3 is 5.97 Å². The molecule has 2 N–H and O–H groups in total. The molecule has 0 radical (unpaired) electrons. The molecule has 0 unspecified atom stereocenters. The number of nitrogens with one attached hydrogen (secondary N) is 1. The van der Waals surface area contributed by atoms with Gasteiger partial charge in [-0.1, -0.05) is 19.9 Å². The minimum absolute atomic E-state index is 0.0874. The molecule has 21 heavy (non-hydrogen) atoms. The van der Waals surface area contributed by atoms with Gasteiger partial charge in [0.15, 0.2) is 0 Å². The number of rotatable bonds is 7. The number of carbonyl (C=O) groups is 2. The Balaban J connectivity index is 2.62. The second-order valence-electron chi connectivity index (χ2n) is 5.53. The average molecular weight is 289 g/mol. The van der Waals surface area contributed by atoms with Crippen LogP contribution in [-0.2, 0) is 4.79 Å². The molecule has 4 nitrogen and oxygen atoms in total. The zero-order chi connectivity index (χ0) is 15.8. The van der Waals surface area contributed by atoms with Crippen LogP contribution in [-0.4, -0.2) is 23.5 Å². The van der Waals surface area contributed by atoms with Crippen LogP contribution in [0.5, 0.6) is 0 Å². The topological polar surface area (TPSA) is 66.4 Å². The van der Waals surface area contributed by atoms with Gasteiger partial charge in [-0.25, -0.2) is 4.79 Å². The van der Waals surface area contributed by atoms with Crippen molar-refractivity contribution >= 4 is 18.0 Å². The number of hydrogen-bond donors (Lipinski definition) is 2. The average Bonchev–Trinajstić information content (AvgIpc) is 2.41. The Morgan fingerprint density at radius 1 is 1.33 bits per heavy atom. The second kappa shape index (κ2) is 8.25. The van der Waals surface area contributed by atoms with Gasteiger partial charge in [-0.2, -0.15) is 0 Å². The standard InChI is InChI=1S/C17H23NO3/c1-12(2)5-4-10-18-17(21)15-7-6-14(13(3)11-15)8-9-16(19)20/h6-9,11-12H,4-5,10H2,1-3H3,(H,18,21)(H,19,20)/b9-8+. The molecule has 0 heterocycles. The van der Waals surface area contributed by atoms with Crippen molar-refractivity contribution < 1.29 is 14.7 Å². The molecular weight excluding hydrogens is 266 g/mol. The van der Waals surface area contributed by atoms with Gasteiger partial charge in [-0.05, 0) is 55.0 Å². The minimum Gasteiger partial charge on any atom is -0.478 e. The van der Waals surface area contributed by atoms with Crippen LogP contribution >= 0.6 is 0 Å². The van der Waals surface area contributed by atoms with Crippen molar-refractivity contribution in [2.45, 2.75) is 33.6 Å². The molecule has 1 aromatic carbocycles. The van der Waals surface area contributed by atoms with E-state index in [-0.39, 0.29) is 5.91 Å². The van der Waals surface area contributed by atoms with E-state index >= 15 is 0 Å². The van der Waals surface area contributed by atoms with Crippen LogP contribution in [0.15, 0.2) is 24.3 Å². The van der Waals surface area contributed by atoms with E-state index in [1.54, 1.807) is 18.2 Å². The van der Waals surface area contributed by atoms with Crippen LogP contribution < -0.4 is 5.32 Å². The first-order chi connectivity index (χ1) is 9.90. The monoisotopic (exact) mass is 289 g/mol. The van der Waals surface area contributed by atoms with E-state index in [1.807, 2.05) is 6.92 Å². The number of aliphatic carboxylic acids is 1. The van der Waals surface area contributed by atoms with Crippen LogP contribution in [0.3, 0.4) is 0 Å².